The van der Waals surface area contributed by atoms with E-state index in [4.69, 9.17) is 4.74 Å². The van der Waals surface area contributed by atoms with Crippen molar-refractivity contribution in [3.8, 4) is 5.75 Å². The largest absolute Gasteiger partial charge is 0.492 e. The lowest BCUT2D eigenvalue weighted by Gasteiger charge is -2.11. The van der Waals surface area contributed by atoms with Gasteiger partial charge in [0.2, 0.25) is 0 Å². The molecule has 2 heteroatoms. The highest BCUT2D eigenvalue weighted by molar-refractivity contribution is 5.87. The van der Waals surface area contributed by atoms with Gasteiger partial charge in [-0.2, -0.15) is 0 Å². The van der Waals surface area contributed by atoms with E-state index in [0.717, 1.165) is 17.7 Å². The van der Waals surface area contributed by atoms with Crippen LogP contribution in [0.5, 0.6) is 5.75 Å². The summed E-state index contributed by atoms with van der Waals surface area (Å²) in [6.45, 7) is 4.77. The first-order chi connectivity index (χ1) is 7.72. The Morgan fingerprint density at radius 1 is 1.50 bits per heavy atom. The number of ether oxygens (including phenoxy) is 1. The Morgan fingerprint density at radius 2 is 2.25 bits per heavy atom. The van der Waals surface area contributed by atoms with E-state index in [-0.39, 0.29) is 5.92 Å². The zero-order chi connectivity index (χ0) is 11.5. The minimum absolute atomic E-state index is 0.0369. The number of para-hydroxylation sites is 1. The third-order valence-corrected chi connectivity index (χ3v) is 3.34. The fraction of sp³-hybridized carbons (Fsp3) is 0.500. The topological polar surface area (TPSA) is 26.3 Å². The number of Topliss-reactive ketones (excluding diaryl/α,β-unsaturated/α-hetero) is 1. The molecule has 1 aromatic carbocycles. The van der Waals surface area contributed by atoms with Crippen LogP contribution in [-0.4, -0.2) is 12.4 Å². The third-order valence-electron chi connectivity index (χ3n) is 3.34. The smallest absolute Gasteiger partial charge is 0.144 e. The molecule has 0 saturated carbocycles. The number of carbonyl (C=O) groups is 1. The molecule has 0 bridgehead atoms. The van der Waals surface area contributed by atoms with Crippen molar-refractivity contribution < 1.29 is 9.53 Å². The van der Waals surface area contributed by atoms with Gasteiger partial charge in [0.15, 0.2) is 0 Å². The first kappa shape index (κ1) is 11.2. The molecule has 2 rings (SSSR count). The standard InChI is InChI=1S/C14H18O2/c1-3-10(2)8-13(15)12-9-16-14-7-5-4-6-11(12)14/h4-7,10,12H,3,8-9H2,1-2H3. The van der Waals surface area contributed by atoms with Gasteiger partial charge in [-0.05, 0) is 12.0 Å². The first-order valence-corrected chi connectivity index (χ1v) is 5.96. The van der Waals surface area contributed by atoms with E-state index in [1.807, 2.05) is 24.3 Å². The van der Waals surface area contributed by atoms with Crippen LogP contribution in [0.4, 0.5) is 0 Å². The molecule has 0 N–H and O–H groups in total. The minimum atomic E-state index is -0.0369. The van der Waals surface area contributed by atoms with E-state index in [1.165, 1.54) is 0 Å². The van der Waals surface area contributed by atoms with Crippen LogP contribution in [0.3, 0.4) is 0 Å². The van der Waals surface area contributed by atoms with Gasteiger partial charge in [-0.15, -0.1) is 0 Å². The number of ketones is 1. The lowest BCUT2D eigenvalue weighted by molar-refractivity contribution is -0.121. The molecule has 0 radical (unpaired) electrons. The minimum Gasteiger partial charge on any atom is -0.492 e. The Labute approximate surface area is 96.6 Å². The van der Waals surface area contributed by atoms with E-state index in [2.05, 4.69) is 13.8 Å². The molecule has 2 nitrogen and oxygen atoms in total. The summed E-state index contributed by atoms with van der Waals surface area (Å²) < 4.78 is 5.53. The quantitative estimate of drug-likeness (QED) is 0.776. The summed E-state index contributed by atoms with van der Waals surface area (Å²) >= 11 is 0. The van der Waals surface area contributed by atoms with Crippen molar-refractivity contribution in [2.75, 3.05) is 6.61 Å². The number of carbonyl (C=O) groups excluding carboxylic acids is 1. The second-order valence-electron chi connectivity index (χ2n) is 4.59. The van der Waals surface area contributed by atoms with E-state index < -0.39 is 0 Å². The summed E-state index contributed by atoms with van der Waals surface area (Å²) in [6, 6.07) is 7.85. The molecule has 86 valence electrons. The normalized spacial score (nSPS) is 20.0. The molecule has 1 aliphatic heterocycles. The highest BCUT2D eigenvalue weighted by atomic mass is 16.5. The lowest BCUT2D eigenvalue weighted by Crippen LogP contribution is -2.16. The van der Waals surface area contributed by atoms with E-state index in [0.29, 0.717) is 24.7 Å². The monoisotopic (exact) mass is 218 g/mol. The Bertz CT molecular complexity index is 384. The summed E-state index contributed by atoms with van der Waals surface area (Å²) in [7, 11) is 0. The molecule has 2 unspecified atom stereocenters. The predicted octanol–water partition coefficient (Wildman–Crippen LogP) is 3.17. The fourth-order valence-electron chi connectivity index (χ4n) is 2.06. The second-order valence-corrected chi connectivity index (χ2v) is 4.59. The van der Waals surface area contributed by atoms with Gasteiger partial charge in [0.05, 0.1) is 5.92 Å². The van der Waals surface area contributed by atoms with Gasteiger partial charge >= 0.3 is 0 Å². The molecule has 1 heterocycles. The number of fused-ring (bicyclic) bond motifs is 1. The summed E-state index contributed by atoms with van der Waals surface area (Å²) in [4.78, 5) is 12.1. The van der Waals surface area contributed by atoms with Crippen molar-refractivity contribution in [3.05, 3.63) is 29.8 Å². The summed E-state index contributed by atoms with van der Waals surface area (Å²) in [6.07, 6.45) is 1.72. The number of hydrogen-bond acceptors (Lipinski definition) is 2. The van der Waals surface area contributed by atoms with Gasteiger partial charge in [0.1, 0.15) is 18.1 Å². The molecule has 16 heavy (non-hydrogen) atoms. The molecular weight excluding hydrogens is 200 g/mol. The van der Waals surface area contributed by atoms with Crippen LogP contribution < -0.4 is 4.74 Å². The highest BCUT2D eigenvalue weighted by Crippen LogP contribution is 2.35. The Kier molecular flexibility index (Phi) is 3.28. The highest BCUT2D eigenvalue weighted by Gasteiger charge is 2.29. The van der Waals surface area contributed by atoms with Crippen LogP contribution in [0.2, 0.25) is 0 Å². The molecular formula is C14H18O2. The molecule has 0 amide bonds. The van der Waals surface area contributed by atoms with Crippen molar-refractivity contribution in [3.63, 3.8) is 0 Å². The van der Waals surface area contributed by atoms with Crippen LogP contribution in [0.25, 0.3) is 0 Å². The maximum atomic E-state index is 12.1. The molecule has 0 saturated heterocycles. The maximum Gasteiger partial charge on any atom is 0.144 e. The van der Waals surface area contributed by atoms with Crippen molar-refractivity contribution >= 4 is 5.78 Å². The van der Waals surface area contributed by atoms with Gasteiger partial charge in [-0.1, -0.05) is 38.5 Å². The van der Waals surface area contributed by atoms with Crippen molar-refractivity contribution in [1.82, 2.24) is 0 Å². The van der Waals surface area contributed by atoms with Crippen LogP contribution >= 0.6 is 0 Å². The van der Waals surface area contributed by atoms with Gasteiger partial charge in [0.25, 0.3) is 0 Å². The zero-order valence-corrected chi connectivity index (χ0v) is 9.90. The van der Waals surface area contributed by atoms with Gasteiger partial charge in [0, 0.05) is 12.0 Å². The molecule has 1 aliphatic rings. The Balaban J connectivity index is 2.10. The number of hydrogen-bond donors (Lipinski definition) is 0. The molecule has 0 spiro atoms. The van der Waals surface area contributed by atoms with Gasteiger partial charge in [-0.3, -0.25) is 4.79 Å². The average Bonchev–Trinajstić information content (AvgIpc) is 2.72. The fourth-order valence-corrected chi connectivity index (χ4v) is 2.06. The van der Waals surface area contributed by atoms with E-state index >= 15 is 0 Å². The summed E-state index contributed by atoms with van der Waals surface area (Å²) in [5, 5.41) is 0. The van der Waals surface area contributed by atoms with E-state index in [1.54, 1.807) is 0 Å². The lowest BCUT2D eigenvalue weighted by atomic mass is 9.90. The van der Waals surface area contributed by atoms with Crippen molar-refractivity contribution in [2.24, 2.45) is 5.92 Å². The third kappa shape index (κ3) is 2.11. The van der Waals surface area contributed by atoms with Crippen molar-refractivity contribution in [1.29, 1.82) is 0 Å². The average molecular weight is 218 g/mol. The van der Waals surface area contributed by atoms with Crippen LogP contribution in [0, 0.1) is 5.92 Å². The summed E-state index contributed by atoms with van der Waals surface area (Å²) in [5.74, 6) is 1.63. The number of benzene rings is 1. The number of rotatable bonds is 4. The molecule has 0 aliphatic carbocycles. The molecule has 0 aromatic heterocycles. The predicted molar refractivity (Wildman–Crippen MR) is 63.8 cm³/mol. The zero-order valence-electron chi connectivity index (χ0n) is 9.90. The molecule has 2 atom stereocenters. The van der Waals surface area contributed by atoms with Crippen LogP contribution in [0.15, 0.2) is 24.3 Å². The summed E-state index contributed by atoms with van der Waals surface area (Å²) in [5.41, 5.74) is 1.07. The SMILES string of the molecule is CCC(C)CC(=O)C1COc2ccccc21. The van der Waals surface area contributed by atoms with Gasteiger partial charge < -0.3 is 4.74 Å². The van der Waals surface area contributed by atoms with E-state index in [9.17, 15) is 4.79 Å². The Hall–Kier alpha value is -1.31. The molecule has 0 fully saturated rings. The second kappa shape index (κ2) is 4.69. The van der Waals surface area contributed by atoms with Crippen LogP contribution in [-0.2, 0) is 4.79 Å². The van der Waals surface area contributed by atoms with Crippen LogP contribution in [0.1, 0.15) is 38.2 Å². The molecule has 1 aromatic rings. The Morgan fingerprint density at radius 3 is 3.00 bits per heavy atom. The van der Waals surface area contributed by atoms with Crippen molar-refractivity contribution in [2.45, 2.75) is 32.6 Å². The maximum absolute atomic E-state index is 12.1. The first-order valence-electron chi connectivity index (χ1n) is 5.96. The van der Waals surface area contributed by atoms with Gasteiger partial charge in [-0.25, -0.2) is 0 Å².